The Morgan fingerprint density at radius 1 is 1.26 bits per heavy atom. The van der Waals surface area contributed by atoms with Crippen LogP contribution in [0, 0.1) is 6.92 Å². The maximum Gasteiger partial charge on any atom is 0.124 e. The number of hydrogen-bond donors (Lipinski definition) is 1. The number of aryl methyl sites for hydroxylation is 1. The zero-order chi connectivity index (χ0) is 14.0. The number of ether oxygens (including phenoxy) is 1. The third-order valence-corrected chi connectivity index (χ3v) is 4.35. The van der Waals surface area contributed by atoms with E-state index in [1.165, 1.54) is 5.56 Å². The van der Waals surface area contributed by atoms with E-state index < -0.39 is 5.54 Å². The summed E-state index contributed by atoms with van der Waals surface area (Å²) in [4.78, 5) is 5.77. The third kappa shape index (κ3) is 3.21. The first kappa shape index (κ1) is 14.2. The number of benzene rings is 1. The molecular formula is C15H20N2OS. The summed E-state index contributed by atoms with van der Waals surface area (Å²) >= 11 is 1.65. The van der Waals surface area contributed by atoms with Crippen molar-refractivity contribution in [1.29, 1.82) is 0 Å². The molecule has 0 spiro atoms. The molecule has 1 aromatic carbocycles. The minimum atomic E-state index is -0.394. The van der Waals surface area contributed by atoms with Gasteiger partial charge >= 0.3 is 0 Å². The highest BCUT2D eigenvalue weighted by molar-refractivity contribution is 7.15. The van der Waals surface area contributed by atoms with Gasteiger partial charge in [-0.1, -0.05) is 29.8 Å². The molecule has 0 aliphatic carbocycles. The molecule has 102 valence electrons. The van der Waals surface area contributed by atoms with Gasteiger partial charge in [-0.3, -0.25) is 0 Å². The first-order valence-electron chi connectivity index (χ1n) is 6.27. The molecule has 0 atom stereocenters. The molecule has 0 saturated heterocycles. The topological polar surface area (TPSA) is 48.1 Å². The fourth-order valence-corrected chi connectivity index (χ4v) is 3.00. The Morgan fingerprint density at radius 2 is 1.89 bits per heavy atom. The lowest BCUT2D eigenvalue weighted by molar-refractivity contribution is 0.180. The van der Waals surface area contributed by atoms with Crippen molar-refractivity contribution in [2.75, 3.05) is 7.11 Å². The first-order valence-corrected chi connectivity index (χ1v) is 7.08. The molecule has 0 unspecified atom stereocenters. The average molecular weight is 276 g/mol. The molecule has 2 N–H and O–H groups in total. The molecular weight excluding hydrogens is 256 g/mol. The van der Waals surface area contributed by atoms with Gasteiger partial charge in [-0.2, -0.15) is 0 Å². The minimum Gasteiger partial charge on any atom is -0.378 e. The Labute approximate surface area is 118 Å². The van der Waals surface area contributed by atoms with E-state index in [-0.39, 0.29) is 0 Å². The fourth-order valence-electron chi connectivity index (χ4n) is 1.91. The number of nitrogens with two attached hydrogens (primary N) is 1. The summed E-state index contributed by atoms with van der Waals surface area (Å²) in [5, 5.41) is 1.00. The van der Waals surface area contributed by atoms with Gasteiger partial charge in [-0.25, -0.2) is 4.98 Å². The van der Waals surface area contributed by atoms with E-state index in [4.69, 9.17) is 10.5 Å². The SMILES string of the molecule is COCc1nc(-c2ccc(C)cc2)sc1C(C)(C)N. The van der Waals surface area contributed by atoms with Crippen LogP contribution in [0.1, 0.15) is 30.0 Å². The summed E-state index contributed by atoms with van der Waals surface area (Å²) in [6.45, 7) is 6.58. The second kappa shape index (κ2) is 5.41. The van der Waals surface area contributed by atoms with Gasteiger partial charge in [0.2, 0.25) is 0 Å². The van der Waals surface area contributed by atoms with Crippen molar-refractivity contribution in [3.8, 4) is 10.6 Å². The number of thiazole rings is 1. The zero-order valence-electron chi connectivity index (χ0n) is 11.9. The van der Waals surface area contributed by atoms with Crippen molar-refractivity contribution in [3.63, 3.8) is 0 Å². The van der Waals surface area contributed by atoms with Crippen molar-refractivity contribution in [1.82, 2.24) is 4.98 Å². The van der Waals surface area contributed by atoms with Crippen LogP contribution >= 0.6 is 11.3 Å². The summed E-state index contributed by atoms with van der Waals surface area (Å²) in [5.41, 5.74) is 9.14. The lowest BCUT2D eigenvalue weighted by Gasteiger charge is -2.17. The third-order valence-electron chi connectivity index (χ3n) is 2.86. The van der Waals surface area contributed by atoms with Crippen LogP contribution < -0.4 is 5.73 Å². The Hall–Kier alpha value is -1.23. The number of hydrogen-bond acceptors (Lipinski definition) is 4. The maximum atomic E-state index is 6.22. The molecule has 1 aromatic heterocycles. The predicted octanol–water partition coefficient (Wildman–Crippen LogP) is 3.46. The largest absolute Gasteiger partial charge is 0.378 e. The van der Waals surface area contributed by atoms with Gasteiger partial charge < -0.3 is 10.5 Å². The highest BCUT2D eigenvalue weighted by Crippen LogP contribution is 2.34. The molecule has 0 radical (unpaired) electrons. The molecule has 2 aromatic rings. The molecule has 0 amide bonds. The van der Waals surface area contributed by atoms with Crippen LogP contribution in [0.4, 0.5) is 0 Å². The standard InChI is InChI=1S/C15H20N2OS/c1-10-5-7-11(8-6-10)14-17-12(9-18-4)13(19-14)15(2,3)16/h5-8H,9,16H2,1-4H3. The highest BCUT2D eigenvalue weighted by Gasteiger charge is 2.23. The molecule has 0 bridgehead atoms. The Bertz CT molecular complexity index is 553. The van der Waals surface area contributed by atoms with Gasteiger partial charge in [0.25, 0.3) is 0 Å². The summed E-state index contributed by atoms with van der Waals surface area (Å²) in [6, 6.07) is 8.38. The van der Waals surface area contributed by atoms with Crippen LogP contribution in [0.3, 0.4) is 0 Å². The van der Waals surface area contributed by atoms with Crippen LogP contribution in [0.2, 0.25) is 0 Å². The van der Waals surface area contributed by atoms with Gasteiger partial charge in [0.1, 0.15) is 5.01 Å². The number of nitrogens with zero attached hydrogens (tertiary/aromatic N) is 1. The predicted molar refractivity (Wildman–Crippen MR) is 80.2 cm³/mol. The highest BCUT2D eigenvalue weighted by atomic mass is 32.1. The Balaban J connectivity index is 2.45. The lowest BCUT2D eigenvalue weighted by Crippen LogP contribution is -2.28. The van der Waals surface area contributed by atoms with Gasteiger partial charge in [-0.15, -0.1) is 11.3 Å². The van der Waals surface area contributed by atoms with Gasteiger partial charge in [0.15, 0.2) is 0 Å². The maximum absolute atomic E-state index is 6.22. The van der Waals surface area contributed by atoms with Crippen LogP contribution in [0.25, 0.3) is 10.6 Å². The number of aromatic nitrogens is 1. The van der Waals surface area contributed by atoms with Crippen molar-refractivity contribution < 1.29 is 4.74 Å². The van der Waals surface area contributed by atoms with Crippen LogP contribution in [-0.2, 0) is 16.9 Å². The zero-order valence-corrected chi connectivity index (χ0v) is 12.7. The summed E-state index contributed by atoms with van der Waals surface area (Å²) in [5.74, 6) is 0. The summed E-state index contributed by atoms with van der Waals surface area (Å²) < 4.78 is 5.22. The van der Waals surface area contributed by atoms with E-state index in [0.29, 0.717) is 6.61 Å². The Morgan fingerprint density at radius 3 is 2.42 bits per heavy atom. The normalized spacial score (nSPS) is 11.8. The molecule has 0 aliphatic rings. The number of rotatable bonds is 4. The summed E-state index contributed by atoms with van der Waals surface area (Å²) in [6.07, 6.45) is 0. The van der Waals surface area contributed by atoms with Crippen molar-refractivity contribution >= 4 is 11.3 Å². The molecule has 19 heavy (non-hydrogen) atoms. The molecule has 0 aliphatic heterocycles. The second-order valence-electron chi connectivity index (χ2n) is 5.32. The van der Waals surface area contributed by atoms with Gasteiger partial charge in [-0.05, 0) is 20.8 Å². The quantitative estimate of drug-likeness (QED) is 0.930. The Kier molecular flexibility index (Phi) is 4.04. The average Bonchev–Trinajstić information content (AvgIpc) is 2.74. The lowest BCUT2D eigenvalue weighted by atomic mass is 10.0. The smallest absolute Gasteiger partial charge is 0.124 e. The molecule has 3 nitrogen and oxygen atoms in total. The van der Waals surface area contributed by atoms with Crippen LogP contribution in [-0.4, -0.2) is 12.1 Å². The van der Waals surface area contributed by atoms with Crippen molar-refractivity contribution in [2.24, 2.45) is 5.73 Å². The second-order valence-corrected chi connectivity index (χ2v) is 6.31. The van der Waals surface area contributed by atoms with Crippen LogP contribution in [0.5, 0.6) is 0 Å². The van der Waals surface area contributed by atoms with E-state index in [1.807, 2.05) is 13.8 Å². The van der Waals surface area contributed by atoms with Gasteiger partial charge in [0.05, 0.1) is 12.3 Å². The molecule has 1 heterocycles. The minimum absolute atomic E-state index is 0.394. The van der Waals surface area contributed by atoms with E-state index in [9.17, 15) is 0 Å². The molecule has 2 rings (SSSR count). The van der Waals surface area contributed by atoms with E-state index in [2.05, 4.69) is 36.2 Å². The number of methoxy groups -OCH3 is 1. The monoisotopic (exact) mass is 276 g/mol. The van der Waals surface area contributed by atoms with E-state index in [0.717, 1.165) is 21.1 Å². The fraction of sp³-hybridized carbons (Fsp3) is 0.400. The van der Waals surface area contributed by atoms with Gasteiger partial charge in [0, 0.05) is 23.1 Å². The van der Waals surface area contributed by atoms with E-state index in [1.54, 1.807) is 18.4 Å². The van der Waals surface area contributed by atoms with E-state index >= 15 is 0 Å². The van der Waals surface area contributed by atoms with Crippen molar-refractivity contribution in [2.45, 2.75) is 32.9 Å². The molecule has 4 heteroatoms. The molecule has 0 saturated carbocycles. The molecule has 0 fully saturated rings. The summed E-state index contributed by atoms with van der Waals surface area (Å²) in [7, 11) is 1.68. The van der Waals surface area contributed by atoms with Crippen molar-refractivity contribution in [3.05, 3.63) is 40.4 Å². The first-order chi connectivity index (χ1) is 8.91. The van der Waals surface area contributed by atoms with Crippen LogP contribution in [0.15, 0.2) is 24.3 Å².